The van der Waals surface area contributed by atoms with Crippen molar-refractivity contribution in [2.45, 2.75) is 11.5 Å². The molecule has 96 valence electrons. The van der Waals surface area contributed by atoms with Gasteiger partial charge in [-0.1, -0.05) is 27.5 Å². The molecule has 0 spiro atoms. The molecule has 0 heterocycles. The van der Waals surface area contributed by atoms with Gasteiger partial charge in [-0.25, -0.2) is 0 Å². The Kier molecular flexibility index (Phi) is 5.55. The lowest BCUT2D eigenvalue weighted by atomic mass is 10.2. The molecule has 0 aliphatic carbocycles. The van der Waals surface area contributed by atoms with Crippen molar-refractivity contribution in [2.75, 3.05) is 13.4 Å². The average Bonchev–Trinajstić information content (AvgIpc) is 2.24. The van der Waals surface area contributed by atoms with Gasteiger partial charge in [0, 0.05) is 15.9 Å². The summed E-state index contributed by atoms with van der Waals surface area (Å²) in [6.45, 7) is -1.79. The molecule has 0 saturated carbocycles. The molecule has 0 unspecified atom stereocenters. The second-order valence-corrected chi connectivity index (χ2v) is 4.11. The quantitative estimate of drug-likeness (QED) is 0.458. The van der Waals surface area contributed by atoms with E-state index in [2.05, 4.69) is 20.7 Å². The zero-order valence-corrected chi connectivity index (χ0v) is 10.9. The minimum Gasteiger partial charge on any atom is -0.467 e. The molecule has 0 aliphatic heterocycles. The summed E-state index contributed by atoms with van der Waals surface area (Å²) < 4.78 is 44.7. The summed E-state index contributed by atoms with van der Waals surface area (Å²) in [6, 6.07) is 4.83. The van der Waals surface area contributed by atoms with Gasteiger partial charge in [-0.05, 0) is 18.2 Å². The van der Waals surface area contributed by atoms with Gasteiger partial charge in [0.05, 0.1) is 0 Å². The molecular formula is C10H9BrClF3O2. The van der Waals surface area contributed by atoms with Crippen LogP contribution in [0.3, 0.4) is 0 Å². The first-order valence-corrected chi connectivity index (χ1v) is 6.04. The van der Waals surface area contributed by atoms with Crippen molar-refractivity contribution < 1.29 is 22.6 Å². The molecule has 0 radical (unpaired) electrons. The van der Waals surface area contributed by atoms with Crippen molar-refractivity contribution in [1.29, 1.82) is 0 Å². The van der Waals surface area contributed by atoms with E-state index in [0.29, 0.717) is 16.1 Å². The third-order valence-corrected chi connectivity index (χ3v) is 2.57. The predicted molar refractivity (Wildman–Crippen MR) is 61.6 cm³/mol. The van der Waals surface area contributed by atoms with Crippen LogP contribution in [0.1, 0.15) is 5.56 Å². The number of hydrogen-bond acceptors (Lipinski definition) is 2. The standard InChI is InChI=1S/C10H9BrClF3O2/c11-4-7-3-8(12)1-2-9(7)17-6-16-5-10(13,14)15/h1-3H,4-6H2. The number of rotatable bonds is 5. The number of halogens is 5. The highest BCUT2D eigenvalue weighted by atomic mass is 79.9. The Morgan fingerprint density at radius 2 is 2.00 bits per heavy atom. The molecular weight excluding hydrogens is 324 g/mol. The minimum atomic E-state index is -4.35. The Balaban J connectivity index is 2.46. The fourth-order valence-electron chi connectivity index (χ4n) is 1.06. The van der Waals surface area contributed by atoms with Crippen LogP contribution in [0.4, 0.5) is 13.2 Å². The normalized spacial score (nSPS) is 11.6. The molecule has 0 aromatic heterocycles. The Morgan fingerprint density at radius 1 is 1.29 bits per heavy atom. The van der Waals surface area contributed by atoms with E-state index < -0.39 is 19.6 Å². The van der Waals surface area contributed by atoms with Gasteiger partial charge < -0.3 is 9.47 Å². The molecule has 0 amide bonds. The van der Waals surface area contributed by atoms with E-state index >= 15 is 0 Å². The highest BCUT2D eigenvalue weighted by Crippen LogP contribution is 2.25. The average molecular weight is 334 g/mol. The summed E-state index contributed by atoms with van der Waals surface area (Å²) in [4.78, 5) is 0. The maximum atomic E-state index is 11.8. The van der Waals surface area contributed by atoms with Gasteiger partial charge in [-0.15, -0.1) is 0 Å². The SMILES string of the molecule is FC(F)(F)COCOc1ccc(Cl)cc1CBr. The van der Waals surface area contributed by atoms with E-state index in [4.69, 9.17) is 16.3 Å². The van der Waals surface area contributed by atoms with Gasteiger partial charge in [0.2, 0.25) is 0 Å². The van der Waals surface area contributed by atoms with Crippen molar-refractivity contribution in [3.8, 4) is 5.75 Å². The molecule has 7 heteroatoms. The fourth-order valence-corrected chi connectivity index (χ4v) is 1.69. The zero-order valence-electron chi connectivity index (χ0n) is 8.56. The summed E-state index contributed by atoms with van der Waals surface area (Å²) in [6.07, 6.45) is -4.35. The molecule has 0 saturated heterocycles. The Bertz CT molecular complexity index is 371. The Hall–Kier alpha value is -0.460. The van der Waals surface area contributed by atoms with Gasteiger partial charge >= 0.3 is 6.18 Å². The van der Waals surface area contributed by atoms with Crippen molar-refractivity contribution >= 4 is 27.5 Å². The summed E-state index contributed by atoms with van der Waals surface area (Å²) in [5, 5.41) is 1.02. The topological polar surface area (TPSA) is 18.5 Å². The van der Waals surface area contributed by atoms with E-state index in [1.165, 1.54) is 0 Å². The lowest BCUT2D eigenvalue weighted by molar-refractivity contribution is -0.186. The summed E-state index contributed by atoms with van der Waals surface area (Å²) in [7, 11) is 0. The van der Waals surface area contributed by atoms with Crippen LogP contribution in [0.5, 0.6) is 5.75 Å². The summed E-state index contributed by atoms with van der Waals surface area (Å²) >= 11 is 8.98. The molecule has 2 nitrogen and oxygen atoms in total. The second-order valence-electron chi connectivity index (χ2n) is 3.11. The van der Waals surface area contributed by atoms with Gasteiger partial charge in [0.1, 0.15) is 12.4 Å². The first-order valence-electron chi connectivity index (χ1n) is 4.54. The minimum absolute atomic E-state index is 0.438. The van der Waals surface area contributed by atoms with Crippen LogP contribution in [-0.4, -0.2) is 19.6 Å². The van der Waals surface area contributed by atoms with Crippen LogP contribution in [0, 0.1) is 0 Å². The Morgan fingerprint density at radius 3 is 2.59 bits per heavy atom. The van der Waals surface area contributed by atoms with Crippen molar-refractivity contribution in [2.24, 2.45) is 0 Å². The smallest absolute Gasteiger partial charge is 0.411 e. The lowest BCUT2D eigenvalue weighted by Gasteiger charge is -2.11. The molecule has 0 atom stereocenters. The van der Waals surface area contributed by atoms with E-state index in [1.807, 2.05) is 0 Å². The maximum absolute atomic E-state index is 11.8. The van der Waals surface area contributed by atoms with Crippen LogP contribution in [0.15, 0.2) is 18.2 Å². The van der Waals surface area contributed by atoms with Crippen molar-refractivity contribution in [1.82, 2.24) is 0 Å². The second kappa shape index (κ2) is 6.47. The number of benzene rings is 1. The van der Waals surface area contributed by atoms with Crippen LogP contribution < -0.4 is 4.74 Å². The van der Waals surface area contributed by atoms with Crippen LogP contribution in [0.25, 0.3) is 0 Å². The predicted octanol–water partition coefficient (Wildman–Crippen LogP) is 4.15. The van der Waals surface area contributed by atoms with Crippen molar-refractivity contribution in [3.05, 3.63) is 28.8 Å². The number of alkyl halides is 4. The largest absolute Gasteiger partial charge is 0.467 e. The van der Waals surface area contributed by atoms with Gasteiger partial charge in [0.15, 0.2) is 6.79 Å². The molecule has 1 aromatic rings. The monoisotopic (exact) mass is 332 g/mol. The maximum Gasteiger partial charge on any atom is 0.411 e. The van der Waals surface area contributed by atoms with Gasteiger partial charge in [-0.2, -0.15) is 13.2 Å². The van der Waals surface area contributed by atoms with E-state index in [1.54, 1.807) is 18.2 Å². The molecule has 17 heavy (non-hydrogen) atoms. The van der Waals surface area contributed by atoms with E-state index in [-0.39, 0.29) is 0 Å². The highest BCUT2D eigenvalue weighted by Gasteiger charge is 2.27. The molecule has 0 fully saturated rings. The third kappa shape index (κ3) is 5.61. The molecule has 1 aromatic carbocycles. The zero-order chi connectivity index (χ0) is 12.9. The van der Waals surface area contributed by atoms with Crippen molar-refractivity contribution in [3.63, 3.8) is 0 Å². The van der Waals surface area contributed by atoms with E-state index in [9.17, 15) is 13.2 Å². The molecule has 1 rings (SSSR count). The number of hydrogen-bond donors (Lipinski definition) is 0. The van der Waals surface area contributed by atoms with Crippen LogP contribution >= 0.6 is 27.5 Å². The van der Waals surface area contributed by atoms with E-state index in [0.717, 1.165) is 5.56 Å². The third-order valence-electron chi connectivity index (χ3n) is 1.73. The number of ether oxygens (including phenoxy) is 2. The van der Waals surface area contributed by atoms with Gasteiger partial charge in [-0.3, -0.25) is 0 Å². The molecule has 0 aliphatic rings. The lowest BCUT2D eigenvalue weighted by Crippen LogP contribution is -2.19. The molecule has 0 N–H and O–H groups in total. The summed E-state index contributed by atoms with van der Waals surface area (Å²) in [5.41, 5.74) is 0.744. The van der Waals surface area contributed by atoms with Crippen LogP contribution in [-0.2, 0) is 10.1 Å². The highest BCUT2D eigenvalue weighted by molar-refractivity contribution is 9.08. The first kappa shape index (κ1) is 14.6. The van der Waals surface area contributed by atoms with Crippen LogP contribution in [0.2, 0.25) is 5.02 Å². The van der Waals surface area contributed by atoms with Gasteiger partial charge in [0.25, 0.3) is 0 Å². The summed E-state index contributed by atoms with van der Waals surface area (Å²) in [5.74, 6) is 0.438. The molecule has 0 bridgehead atoms. The fraction of sp³-hybridized carbons (Fsp3) is 0.400. The first-order chi connectivity index (χ1) is 7.92. The Labute approximate surface area is 110 Å².